The standard InChI is InChI=1S/C22H24N4O2/c1-28-14-8-13-23-20-15-19(22(27)24-16-17-9-4-2-5-10-17)25-21(26-20)18-11-6-3-7-12-18/h2-7,9-12,15H,8,13-14,16H2,1H3,(H,24,27)(H,23,25,26). The molecule has 1 amide bonds. The van der Waals surface area contributed by atoms with Crippen LogP contribution in [-0.2, 0) is 11.3 Å². The van der Waals surface area contributed by atoms with Gasteiger partial charge in [0.15, 0.2) is 5.82 Å². The lowest BCUT2D eigenvalue weighted by Crippen LogP contribution is -2.24. The summed E-state index contributed by atoms with van der Waals surface area (Å²) in [5.74, 6) is 0.903. The minimum atomic E-state index is -0.233. The van der Waals surface area contributed by atoms with E-state index in [4.69, 9.17) is 4.74 Å². The zero-order valence-electron chi connectivity index (χ0n) is 15.9. The number of carbonyl (C=O) groups excluding carboxylic acids is 1. The fourth-order valence-electron chi connectivity index (χ4n) is 2.67. The fraction of sp³-hybridized carbons (Fsp3) is 0.227. The van der Waals surface area contributed by atoms with E-state index in [1.54, 1.807) is 13.2 Å². The third kappa shape index (κ3) is 5.62. The van der Waals surface area contributed by atoms with Crippen LogP contribution in [0.15, 0.2) is 66.7 Å². The molecule has 6 nitrogen and oxygen atoms in total. The van der Waals surface area contributed by atoms with Gasteiger partial charge < -0.3 is 15.4 Å². The molecule has 0 saturated carbocycles. The summed E-state index contributed by atoms with van der Waals surface area (Å²) in [6.07, 6.45) is 0.844. The molecule has 0 unspecified atom stereocenters. The van der Waals surface area contributed by atoms with Gasteiger partial charge in [-0.05, 0) is 12.0 Å². The fourth-order valence-corrected chi connectivity index (χ4v) is 2.67. The van der Waals surface area contributed by atoms with E-state index in [2.05, 4.69) is 20.6 Å². The first kappa shape index (κ1) is 19.5. The van der Waals surface area contributed by atoms with E-state index in [9.17, 15) is 4.79 Å². The number of nitrogens with one attached hydrogen (secondary N) is 2. The smallest absolute Gasteiger partial charge is 0.270 e. The average Bonchev–Trinajstić information content (AvgIpc) is 2.76. The zero-order valence-corrected chi connectivity index (χ0v) is 15.9. The molecule has 0 atom stereocenters. The van der Waals surface area contributed by atoms with Crippen molar-refractivity contribution in [2.45, 2.75) is 13.0 Å². The maximum Gasteiger partial charge on any atom is 0.270 e. The Kier molecular flexibility index (Phi) is 7.09. The second-order valence-electron chi connectivity index (χ2n) is 6.27. The number of ether oxygens (including phenoxy) is 1. The Labute approximate surface area is 165 Å². The summed E-state index contributed by atoms with van der Waals surface area (Å²) in [7, 11) is 1.67. The first-order valence-corrected chi connectivity index (χ1v) is 9.25. The topological polar surface area (TPSA) is 76.1 Å². The van der Waals surface area contributed by atoms with Crippen LogP contribution in [0.4, 0.5) is 5.82 Å². The monoisotopic (exact) mass is 376 g/mol. The number of rotatable bonds is 9. The molecule has 2 aromatic carbocycles. The number of nitrogens with zero attached hydrogens (tertiary/aromatic N) is 2. The Hall–Kier alpha value is -3.25. The zero-order chi connectivity index (χ0) is 19.6. The van der Waals surface area contributed by atoms with Crippen molar-refractivity contribution < 1.29 is 9.53 Å². The summed E-state index contributed by atoms with van der Waals surface area (Å²) in [5, 5.41) is 6.17. The Morgan fingerprint density at radius 2 is 1.71 bits per heavy atom. The Morgan fingerprint density at radius 3 is 2.43 bits per heavy atom. The second-order valence-corrected chi connectivity index (χ2v) is 6.27. The number of aromatic nitrogens is 2. The molecule has 0 radical (unpaired) electrons. The second kappa shape index (κ2) is 10.2. The lowest BCUT2D eigenvalue weighted by Gasteiger charge is -2.11. The van der Waals surface area contributed by atoms with Crippen LogP contribution >= 0.6 is 0 Å². The highest BCUT2D eigenvalue weighted by molar-refractivity contribution is 5.93. The summed E-state index contributed by atoms with van der Waals surface area (Å²) in [4.78, 5) is 21.7. The number of methoxy groups -OCH3 is 1. The van der Waals surface area contributed by atoms with Crippen LogP contribution in [0, 0.1) is 0 Å². The number of hydrogen-bond acceptors (Lipinski definition) is 5. The molecule has 3 aromatic rings. The van der Waals surface area contributed by atoms with Crippen LogP contribution in [0.2, 0.25) is 0 Å². The highest BCUT2D eigenvalue weighted by Crippen LogP contribution is 2.18. The molecule has 28 heavy (non-hydrogen) atoms. The van der Waals surface area contributed by atoms with E-state index in [1.807, 2.05) is 60.7 Å². The SMILES string of the molecule is COCCCNc1cc(C(=O)NCc2ccccc2)nc(-c2ccccc2)n1. The highest BCUT2D eigenvalue weighted by Gasteiger charge is 2.13. The molecule has 2 N–H and O–H groups in total. The third-order valence-electron chi connectivity index (χ3n) is 4.12. The van der Waals surface area contributed by atoms with Crippen molar-refractivity contribution in [3.05, 3.63) is 78.0 Å². The summed E-state index contributed by atoms with van der Waals surface area (Å²) in [5.41, 5.74) is 2.23. The number of anilines is 1. The third-order valence-corrected chi connectivity index (χ3v) is 4.12. The first-order chi connectivity index (χ1) is 13.8. The van der Waals surface area contributed by atoms with Gasteiger partial charge in [-0.25, -0.2) is 9.97 Å². The van der Waals surface area contributed by atoms with Crippen molar-refractivity contribution in [2.24, 2.45) is 0 Å². The summed E-state index contributed by atoms with van der Waals surface area (Å²) >= 11 is 0. The van der Waals surface area contributed by atoms with Gasteiger partial charge in [0.25, 0.3) is 5.91 Å². The van der Waals surface area contributed by atoms with Crippen molar-refractivity contribution in [1.29, 1.82) is 0 Å². The first-order valence-electron chi connectivity index (χ1n) is 9.25. The maximum atomic E-state index is 12.7. The molecule has 0 fully saturated rings. The summed E-state index contributed by atoms with van der Waals surface area (Å²) < 4.78 is 5.07. The van der Waals surface area contributed by atoms with Crippen molar-refractivity contribution in [2.75, 3.05) is 25.6 Å². The van der Waals surface area contributed by atoms with Gasteiger partial charge >= 0.3 is 0 Å². The van der Waals surface area contributed by atoms with Crippen LogP contribution in [0.1, 0.15) is 22.5 Å². The van der Waals surface area contributed by atoms with Gasteiger partial charge in [-0.3, -0.25) is 4.79 Å². The summed E-state index contributed by atoms with van der Waals surface area (Å²) in [6.45, 7) is 1.80. The predicted molar refractivity (Wildman–Crippen MR) is 110 cm³/mol. The van der Waals surface area contributed by atoms with Crippen LogP contribution in [-0.4, -0.2) is 36.1 Å². The number of carbonyl (C=O) groups is 1. The average molecular weight is 376 g/mol. The Balaban J connectivity index is 1.78. The summed E-state index contributed by atoms with van der Waals surface area (Å²) in [6, 6.07) is 21.1. The van der Waals surface area contributed by atoms with Gasteiger partial charge in [-0.2, -0.15) is 0 Å². The molecule has 0 aliphatic rings. The lowest BCUT2D eigenvalue weighted by atomic mass is 10.2. The molecule has 1 aromatic heterocycles. The largest absolute Gasteiger partial charge is 0.385 e. The van der Waals surface area contributed by atoms with Gasteiger partial charge in [0, 0.05) is 38.4 Å². The molecular formula is C22H24N4O2. The molecule has 144 valence electrons. The van der Waals surface area contributed by atoms with Crippen LogP contribution in [0.3, 0.4) is 0 Å². The van der Waals surface area contributed by atoms with E-state index in [1.165, 1.54) is 0 Å². The van der Waals surface area contributed by atoms with Crippen LogP contribution < -0.4 is 10.6 Å². The van der Waals surface area contributed by atoms with Crippen LogP contribution in [0.5, 0.6) is 0 Å². The molecule has 0 bridgehead atoms. The highest BCUT2D eigenvalue weighted by atomic mass is 16.5. The Bertz CT molecular complexity index is 886. The quantitative estimate of drug-likeness (QED) is 0.559. The van der Waals surface area contributed by atoms with Crippen molar-refractivity contribution in [3.63, 3.8) is 0 Å². The van der Waals surface area contributed by atoms with Gasteiger partial charge in [0.05, 0.1) is 0 Å². The molecule has 1 heterocycles. The van der Waals surface area contributed by atoms with Crippen molar-refractivity contribution >= 4 is 11.7 Å². The van der Waals surface area contributed by atoms with Gasteiger partial charge in [0.1, 0.15) is 11.5 Å². The minimum absolute atomic E-state index is 0.233. The molecule has 0 aliphatic heterocycles. The lowest BCUT2D eigenvalue weighted by molar-refractivity contribution is 0.0946. The normalized spacial score (nSPS) is 10.5. The van der Waals surface area contributed by atoms with Crippen LogP contribution in [0.25, 0.3) is 11.4 Å². The van der Waals surface area contributed by atoms with Gasteiger partial charge in [0.2, 0.25) is 0 Å². The van der Waals surface area contributed by atoms with E-state index in [-0.39, 0.29) is 5.91 Å². The minimum Gasteiger partial charge on any atom is -0.385 e. The number of hydrogen-bond donors (Lipinski definition) is 2. The van der Waals surface area contributed by atoms with E-state index in [0.29, 0.717) is 37.0 Å². The van der Waals surface area contributed by atoms with Crippen molar-refractivity contribution in [3.8, 4) is 11.4 Å². The van der Waals surface area contributed by atoms with Crippen molar-refractivity contribution in [1.82, 2.24) is 15.3 Å². The molecule has 0 saturated heterocycles. The van der Waals surface area contributed by atoms with Gasteiger partial charge in [-0.15, -0.1) is 0 Å². The van der Waals surface area contributed by atoms with Gasteiger partial charge in [-0.1, -0.05) is 60.7 Å². The molecule has 0 aliphatic carbocycles. The molecule has 0 spiro atoms. The maximum absolute atomic E-state index is 12.7. The molecule has 3 rings (SSSR count). The Morgan fingerprint density at radius 1 is 1.00 bits per heavy atom. The predicted octanol–water partition coefficient (Wildman–Crippen LogP) is 3.52. The van der Waals surface area contributed by atoms with E-state index >= 15 is 0 Å². The van der Waals surface area contributed by atoms with E-state index < -0.39 is 0 Å². The van der Waals surface area contributed by atoms with E-state index in [0.717, 1.165) is 17.5 Å². The number of amides is 1. The molecule has 6 heteroatoms. The molecular weight excluding hydrogens is 352 g/mol. The number of benzene rings is 2.